The van der Waals surface area contributed by atoms with Crippen molar-refractivity contribution < 1.29 is 28.7 Å². The lowest BCUT2D eigenvalue weighted by Gasteiger charge is -2.63. The Morgan fingerprint density at radius 2 is 1.64 bits per heavy atom. The molecule has 8 rings (SSSR count). The Hall–Kier alpha value is -6.01. The molecule has 0 radical (unpaired) electrons. The molecule has 1 aromatic heterocycles. The molecule has 0 spiro atoms. The van der Waals surface area contributed by atoms with Gasteiger partial charge in [-0.2, -0.15) is 9.94 Å². The maximum absolute atomic E-state index is 13.5. The number of halogens is 1. The van der Waals surface area contributed by atoms with Crippen LogP contribution in [0.4, 0.5) is 5.69 Å². The van der Waals surface area contributed by atoms with Crippen molar-refractivity contribution >= 4 is 51.8 Å². The summed E-state index contributed by atoms with van der Waals surface area (Å²) in [6, 6.07) is 18.3. The van der Waals surface area contributed by atoms with Gasteiger partial charge in [-0.15, -0.1) is 5.10 Å². The number of likely N-dealkylation sites (tertiary alicyclic amines) is 1. The van der Waals surface area contributed by atoms with Gasteiger partial charge in [0, 0.05) is 78.6 Å². The number of ether oxygens (including phenoxy) is 2. The van der Waals surface area contributed by atoms with Gasteiger partial charge in [-0.05, 0) is 61.0 Å². The third kappa shape index (κ3) is 6.99. The predicted octanol–water partition coefficient (Wildman–Crippen LogP) is 3.88. The zero-order valence-corrected chi connectivity index (χ0v) is 33.3. The fraction of sp³-hybridized carbons (Fsp3) is 0.429. The molecule has 4 heterocycles. The average molecular weight is 807 g/mol. The Kier molecular flexibility index (Phi) is 9.87. The monoisotopic (exact) mass is 806 g/mol. The average Bonchev–Trinajstić information content (AvgIpc) is 3.79. The molecule has 4 aliphatic rings. The van der Waals surface area contributed by atoms with Gasteiger partial charge < -0.3 is 24.6 Å². The zero-order chi connectivity index (χ0) is 41.1. The number of carbonyl (C=O) groups excluding carboxylic acids is 4. The molecular formula is C42H43ClN8O7. The highest BCUT2D eigenvalue weighted by Crippen LogP contribution is 2.55. The summed E-state index contributed by atoms with van der Waals surface area (Å²) in [4.78, 5) is 68.0. The van der Waals surface area contributed by atoms with Crippen LogP contribution in [0.2, 0.25) is 5.02 Å². The molecule has 0 bridgehead atoms. The van der Waals surface area contributed by atoms with Gasteiger partial charge in [0.2, 0.25) is 5.91 Å². The number of anilines is 1. The van der Waals surface area contributed by atoms with Crippen LogP contribution in [0.15, 0.2) is 65.5 Å². The number of nitrogens with one attached hydrogen (secondary N) is 2. The molecule has 300 valence electrons. The number of aromatic nitrogens is 3. The van der Waals surface area contributed by atoms with Crippen LogP contribution in [0.25, 0.3) is 10.9 Å². The van der Waals surface area contributed by atoms with Gasteiger partial charge in [0.25, 0.3) is 23.3 Å². The number of benzene rings is 3. The summed E-state index contributed by atoms with van der Waals surface area (Å²) in [5, 5.41) is 23.2. The molecule has 1 aliphatic carbocycles. The maximum Gasteiger partial charge on any atom is 0.278 e. The fourth-order valence-electron chi connectivity index (χ4n) is 9.52. The number of imide groups is 1. The van der Waals surface area contributed by atoms with Crippen molar-refractivity contribution in [3.05, 3.63) is 87.2 Å². The summed E-state index contributed by atoms with van der Waals surface area (Å²) in [5.74, 6) is 0.154. The Morgan fingerprint density at radius 3 is 2.29 bits per heavy atom. The summed E-state index contributed by atoms with van der Waals surface area (Å²) in [7, 11) is 0. The SMILES string of the molecule is CC1(C)C(NC(=O)c2ccc(N3CC4CN(C(=O)COc5ccc6nnn(C7CCC(=O)NC7=O)c(=O)c6c5)CC4C3)cc2)C(C)(C)C1Oc1ccc(C#N)c(Cl)c1. The molecule has 4 fully saturated rings. The van der Waals surface area contributed by atoms with Gasteiger partial charge in [-0.25, -0.2) is 0 Å². The highest BCUT2D eigenvalue weighted by molar-refractivity contribution is 6.31. The van der Waals surface area contributed by atoms with Gasteiger partial charge in [0.05, 0.1) is 16.0 Å². The molecule has 58 heavy (non-hydrogen) atoms. The van der Waals surface area contributed by atoms with Crippen LogP contribution in [0.1, 0.15) is 62.5 Å². The van der Waals surface area contributed by atoms with Crippen LogP contribution in [0.3, 0.4) is 0 Å². The van der Waals surface area contributed by atoms with Crippen LogP contribution in [-0.4, -0.2) is 88.5 Å². The van der Waals surface area contributed by atoms with E-state index in [0.29, 0.717) is 46.3 Å². The van der Waals surface area contributed by atoms with Gasteiger partial charge in [0.1, 0.15) is 35.2 Å². The molecule has 3 aliphatic heterocycles. The van der Waals surface area contributed by atoms with Crippen LogP contribution < -0.4 is 30.6 Å². The van der Waals surface area contributed by atoms with Crippen LogP contribution >= 0.6 is 11.6 Å². The van der Waals surface area contributed by atoms with Crippen molar-refractivity contribution in [3.63, 3.8) is 0 Å². The predicted molar refractivity (Wildman–Crippen MR) is 212 cm³/mol. The van der Waals surface area contributed by atoms with Crippen LogP contribution in [0.5, 0.6) is 11.5 Å². The van der Waals surface area contributed by atoms with E-state index in [1.165, 1.54) is 6.07 Å². The van der Waals surface area contributed by atoms with Crippen molar-refractivity contribution in [1.82, 2.24) is 30.5 Å². The van der Waals surface area contributed by atoms with E-state index in [9.17, 15) is 29.2 Å². The third-order valence-corrected chi connectivity index (χ3v) is 12.6. The quantitative estimate of drug-likeness (QED) is 0.234. The summed E-state index contributed by atoms with van der Waals surface area (Å²) >= 11 is 6.24. The summed E-state index contributed by atoms with van der Waals surface area (Å²) < 4.78 is 13.2. The number of carbonyl (C=O) groups is 4. The fourth-order valence-corrected chi connectivity index (χ4v) is 9.73. The molecule has 2 N–H and O–H groups in total. The smallest absolute Gasteiger partial charge is 0.278 e. The minimum Gasteiger partial charge on any atom is -0.489 e. The molecule has 16 heteroatoms. The second-order valence-corrected chi connectivity index (χ2v) is 17.3. The van der Waals surface area contributed by atoms with E-state index in [1.807, 2.05) is 29.2 Å². The molecule has 1 saturated carbocycles. The second kappa shape index (κ2) is 14.7. The Labute approximate surface area is 339 Å². The zero-order valence-electron chi connectivity index (χ0n) is 32.5. The number of rotatable bonds is 9. The first kappa shape index (κ1) is 38.8. The van der Waals surface area contributed by atoms with Gasteiger partial charge in [-0.1, -0.05) is 44.5 Å². The van der Waals surface area contributed by atoms with E-state index in [-0.39, 0.29) is 71.5 Å². The Balaban J connectivity index is 0.827. The van der Waals surface area contributed by atoms with Crippen molar-refractivity contribution in [2.24, 2.45) is 22.7 Å². The number of nitrogens with zero attached hydrogens (tertiary/aromatic N) is 6. The van der Waals surface area contributed by atoms with Crippen molar-refractivity contribution in [1.29, 1.82) is 5.26 Å². The Bertz CT molecular complexity index is 2410. The number of nitriles is 1. The minimum absolute atomic E-state index is 0.0929. The van der Waals surface area contributed by atoms with E-state index in [0.717, 1.165) is 23.5 Å². The first-order valence-corrected chi connectivity index (χ1v) is 19.7. The number of amides is 4. The topological polar surface area (TPSA) is 189 Å². The lowest BCUT2D eigenvalue weighted by atomic mass is 9.49. The summed E-state index contributed by atoms with van der Waals surface area (Å²) in [6.07, 6.45) is 0.0321. The van der Waals surface area contributed by atoms with E-state index < -0.39 is 23.4 Å². The van der Waals surface area contributed by atoms with Crippen molar-refractivity contribution in [3.8, 4) is 17.6 Å². The van der Waals surface area contributed by atoms with Gasteiger partial charge in [0.15, 0.2) is 6.61 Å². The highest BCUT2D eigenvalue weighted by atomic mass is 35.5. The van der Waals surface area contributed by atoms with E-state index in [4.69, 9.17) is 21.1 Å². The largest absolute Gasteiger partial charge is 0.489 e. The van der Waals surface area contributed by atoms with Gasteiger partial charge >= 0.3 is 0 Å². The van der Waals surface area contributed by atoms with Crippen molar-refractivity contribution in [2.45, 2.75) is 58.7 Å². The van der Waals surface area contributed by atoms with Crippen molar-refractivity contribution in [2.75, 3.05) is 37.7 Å². The Morgan fingerprint density at radius 1 is 0.948 bits per heavy atom. The summed E-state index contributed by atoms with van der Waals surface area (Å²) in [6.45, 7) is 10.8. The van der Waals surface area contributed by atoms with E-state index in [2.05, 4.69) is 59.6 Å². The number of hydrogen-bond donors (Lipinski definition) is 2. The number of fused-ring (bicyclic) bond motifs is 2. The first-order valence-electron chi connectivity index (χ1n) is 19.3. The summed E-state index contributed by atoms with van der Waals surface area (Å²) in [5.41, 5.74) is 0.978. The molecule has 3 aromatic carbocycles. The molecular weight excluding hydrogens is 764 g/mol. The molecule has 3 saturated heterocycles. The number of piperidine rings is 1. The normalized spacial score (nSPS) is 24.4. The standard InChI is InChI=1S/C42H43ClN8O7/c1-41(2)39(42(3,4)40(41)58-29-10-7-24(17-44)31(43)16-29)46-36(54)23-5-8-27(9-6-23)49-18-25-20-50(21-26(25)19-49)35(53)22-57-28-11-12-32-30(15-28)38(56)51(48-47-32)33-13-14-34(52)45-37(33)55/h5-12,15-16,25-26,33,39-40H,13-14,18-22H2,1-4H3,(H,46,54)(H,45,52,55). The highest BCUT2D eigenvalue weighted by Gasteiger charge is 2.64. The van der Waals surface area contributed by atoms with E-state index in [1.54, 1.807) is 30.3 Å². The molecule has 4 aromatic rings. The lowest BCUT2D eigenvalue weighted by molar-refractivity contribution is -0.164. The van der Waals surface area contributed by atoms with Crippen LogP contribution in [0, 0.1) is 34.0 Å². The maximum atomic E-state index is 13.5. The first-order chi connectivity index (χ1) is 27.6. The van der Waals surface area contributed by atoms with Gasteiger partial charge in [-0.3, -0.25) is 29.3 Å². The molecule has 3 atom stereocenters. The lowest BCUT2D eigenvalue weighted by Crippen LogP contribution is -2.74. The minimum atomic E-state index is -0.942. The number of hydrogen-bond acceptors (Lipinski definition) is 11. The molecule has 3 unspecified atom stereocenters. The second-order valence-electron chi connectivity index (χ2n) is 16.8. The molecule has 4 amide bonds. The molecule has 15 nitrogen and oxygen atoms in total. The van der Waals surface area contributed by atoms with Crippen LogP contribution in [-0.2, 0) is 14.4 Å². The van der Waals surface area contributed by atoms with E-state index >= 15 is 0 Å². The third-order valence-electron chi connectivity index (χ3n) is 12.3.